The van der Waals surface area contributed by atoms with Gasteiger partial charge in [-0.2, -0.15) is 0 Å². The molecule has 0 atom stereocenters. The first-order valence-corrected chi connectivity index (χ1v) is 5.33. The third-order valence-corrected chi connectivity index (χ3v) is 2.39. The summed E-state index contributed by atoms with van der Waals surface area (Å²) in [7, 11) is 0. The van der Waals surface area contributed by atoms with E-state index in [0.29, 0.717) is 5.84 Å². The maximum absolute atomic E-state index is 5.48. The van der Waals surface area contributed by atoms with E-state index in [4.69, 9.17) is 5.84 Å². The van der Waals surface area contributed by atoms with Gasteiger partial charge in [-0.1, -0.05) is 24.3 Å². The van der Waals surface area contributed by atoms with Gasteiger partial charge < -0.3 is 5.43 Å². The summed E-state index contributed by atoms with van der Waals surface area (Å²) in [4.78, 5) is 8.67. The van der Waals surface area contributed by atoms with Crippen LogP contribution in [0.4, 0.5) is 5.69 Å². The molecule has 0 fully saturated rings. The number of aliphatic imine (C=N–C) groups is 1. The number of hydrogen-bond acceptors (Lipinski definition) is 3. The lowest BCUT2D eigenvalue weighted by Gasteiger charge is -2.06. The standard InChI is InChI=1S/C13H14N4/c1-10-6-2-3-7-11(10)16-13(17-14)12-8-4-5-9-15-12/h2-9H,14H2,1H3,(H,16,17). The summed E-state index contributed by atoms with van der Waals surface area (Å²) >= 11 is 0. The largest absolute Gasteiger partial charge is 0.307 e. The van der Waals surface area contributed by atoms with Crippen LogP contribution in [0.1, 0.15) is 11.3 Å². The molecule has 0 amide bonds. The molecule has 1 aromatic carbocycles. The average Bonchev–Trinajstić information content (AvgIpc) is 2.39. The molecular formula is C13H14N4. The van der Waals surface area contributed by atoms with E-state index in [1.54, 1.807) is 6.20 Å². The van der Waals surface area contributed by atoms with Gasteiger partial charge in [0, 0.05) is 6.20 Å². The van der Waals surface area contributed by atoms with Gasteiger partial charge in [0.2, 0.25) is 0 Å². The monoisotopic (exact) mass is 226 g/mol. The number of nitrogens with two attached hydrogens (primary N) is 1. The molecule has 0 bridgehead atoms. The van der Waals surface area contributed by atoms with Gasteiger partial charge in [-0.25, -0.2) is 10.8 Å². The smallest absolute Gasteiger partial charge is 0.166 e. The third-order valence-electron chi connectivity index (χ3n) is 2.39. The molecule has 0 unspecified atom stereocenters. The Morgan fingerprint density at radius 2 is 1.94 bits per heavy atom. The van der Waals surface area contributed by atoms with Crippen molar-refractivity contribution in [3.8, 4) is 0 Å². The van der Waals surface area contributed by atoms with Gasteiger partial charge in [0.15, 0.2) is 5.84 Å². The van der Waals surface area contributed by atoms with E-state index in [1.165, 1.54) is 0 Å². The second-order valence-corrected chi connectivity index (χ2v) is 3.61. The lowest BCUT2D eigenvalue weighted by Crippen LogP contribution is -2.31. The Morgan fingerprint density at radius 1 is 1.18 bits per heavy atom. The predicted octanol–water partition coefficient (Wildman–Crippen LogP) is 1.93. The molecule has 0 spiro atoms. The van der Waals surface area contributed by atoms with Crippen molar-refractivity contribution in [3.05, 3.63) is 59.9 Å². The molecule has 0 aliphatic heterocycles. The minimum Gasteiger partial charge on any atom is -0.307 e. The normalized spacial score (nSPS) is 11.3. The highest BCUT2D eigenvalue weighted by Crippen LogP contribution is 2.17. The SMILES string of the molecule is Cc1ccccc1N=C(NN)c1ccccn1. The highest BCUT2D eigenvalue weighted by atomic mass is 15.3. The predicted molar refractivity (Wildman–Crippen MR) is 68.9 cm³/mol. The van der Waals surface area contributed by atoms with Gasteiger partial charge in [0.25, 0.3) is 0 Å². The van der Waals surface area contributed by atoms with Gasteiger partial charge in [0.1, 0.15) is 5.69 Å². The van der Waals surface area contributed by atoms with Gasteiger partial charge in [-0.05, 0) is 30.7 Å². The lowest BCUT2D eigenvalue weighted by molar-refractivity contribution is 1.01. The van der Waals surface area contributed by atoms with E-state index in [9.17, 15) is 0 Å². The Kier molecular flexibility index (Phi) is 3.47. The first-order chi connectivity index (χ1) is 8.31. The Bertz CT molecular complexity index is 520. The van der Waals surface area contributed by atoms with Gasteiger partial charge in [-0.15, -0.1) is 0 Å². The number of pyridine rings is 1. The van der Waals surface area contributed by atoms with Crippen LogP contribution in [0, 0.1) is 6.92 Å². The summed E-state index contributed by atoms with van der Waals surface area (Å²) in [5.74, 6) is 6.04. The van der Waals surface area contributed by atoms with Crippen LogP contribution in [0.25, 0.3) is 0 Å². The van der Waals surface area contributed by atoms with Crippen molar-refractivity contribution >= 4 is 11.5 Å². The number of aryl methyl sites for hydroxylation is 1. The molecule has 0 saturated carbocycles. The summed E-state index contributed by atoms with van der Waals surface area (Å²) in [6.45, 7) is 2.01. The molecule has 4 heteroatoms. The van der Waals surface area contributed by atoms with E-state index in [-0.39, 0.29) is 0 Å². The number of rotatable bonds is 2. The Labute approximate surface area is 100 Å². The molecule has 2 rings (SSSR count). The van der Waals surface area contributed by atoms with Crippen LogP contribution in [0.3, 0.4) is 0 Å². The van der Waals surface area contributed by atoms with E-state index in [1.807, 2.05) is 49.4 Å². The molecular weight excluding hydrogens is 212 g/mol. The first kappa shape index (κ1) is 11.3. The van der Waals surface area contributed by atoms with Crippen molar-refractivity contribution in [1.29, 1.82) is 0 Å². The molecule has 17 heavy (non-hydrogen) atoms. The molecule has 1 aromatic heterocycles. The second-order valence-electron chi connectivity index (χ2n) is 3.61. The summed E-state index contributed by atoms with van der Waals surface area (Å²) in [6.07, 6.45) is 1.71. The van der Waals surface area contributed by atoms with Crippen molar-refractivity contribution in [1.82, 2.24) is 10.4 Å². The summed E-state index contributed by atoms with van der Waals surface area (Å²) in [6, 6.07) is 13.5. The topological polar surface area (TPSA) is 63.3 Å². The zero-order valence-electron chi connectivity index (χ0n) is 9.59. The fraction of sp³-hybridized carbons (Fsp3) is 0.0769. The van der Waals surface area contributed by atoms with Crippen LogP contribution in [0.2, 0.25) is 0 Å². The quantitative estimate of drug-likeness (QED) is 0.356. The number of aromatic nitrogens is 1. The van der Waals surface area contributed by atoms with E-state index < -0.39 is 0 Å². The highest BCUT2D eigenvalue weighted by Gasteiger charge is 2.03. The van der Waals surface area contributed by atoms with Gasteiger partial charge in [-0.3, -0.25) is 4.98 Å². The number of para-hydroxylation sites is 1. The highest BCUT2D eigenvalue weighted by molar-refractivity contribution is 5.98. The summed E-state index contributed by atoms with van der Waals surface area (Å²) in [5, 5.41) is 0. The van der Waals surface area contributed by atoms with E-state index in [2.05, 4.69) is 15.4 Å². The fourth-order valence-corrected chi connectivity index (χ4v) is 1.48. The number of hydrogen-bond donors (Lipinski definition) is 2. The zero-order valence-corrected chi connectivity index (χ0v) is 9.59. The molecule has 0 aliphatic carbocycles. The maximum atomic E-state index is 5.48. The summed E-state index contributed by atoms with van der Waals surface area (Å²) in [5.41, 5.74) is 5.28. The number of benzene rings is 1. The maximum Gasteiger partial charge on any atom is 0.166 e. The number of nitrogens with zero attached hydrogens (tertiary/aromatic N) is 2. The van der Waals surface area contributed by atoms with E-state index in [0.717, 1.165) is 16.9 Å². The van der Waals surface area contributed by atoms with Crippen LogP contribution >= 0.6 is 0 Å². The van der Waals surface area contributed by atoms with Crippen LogP contribution in [0.15, 0.2) is 53.7 Å². The van der Waals surface area contributed by atoms with Crippen LogP contribution < -0.4 is 11.3 Å². The Hall–Kier alpha value is -2.20. The van der Waals surface area contributed by atoms with Crippen molar-refractivity contribution in [3.63, 3.8) is 0 Å². The number of nitrogens with one attached hydrogen (secondary N) is 1. The average molecular weight is 226 g/mol. The summed E-state index contributed by atoms with van der Waals surface area (Å²) < 4.78 is 0. The molecule has 0 saturated heterocycles. The minimum absolute atomic E-state index is 0.555. The molecule has 3 N–H and O–H groups in total. The van der Waals surface area contributed by atoms with Crippen molar-refractivity contribution in [2.75, 3.05) is 0 Å². The zero-order chi connectivity index (χ0) is 12.1. The molecule has 1 heterocycles. The Morgan fingerprint density at radius 3 is 2.59 bits per heavy atom. The van der Waals surface area contributed by atoms with E-state index >= 15 is 0 Å². The number of hydrazine groups is 1. The lowest BCUT2D eigenvalue weighted by atomic mass is 10.2. The van der Waals surface area contributed by atoms with Gasteiger partial charge >= 0.3 is 0 Å². The molecule has 2 aromatic rings. The van der Waals surface area contributed by atoms with Crippen LogP contribution in [-0.2, 0) is 0 Å². The Balaban J connectivity index is 2.40. The molecule has 0 radical (unpaired) electrons. The number of amidine groups is 1. The third kappa shape index (κ3) is 2.68. The molecule has 86 valence electrons. The molecule has 4 nitrogen and oxygen atoms in total. The molecule has 0 aliphatic rings. The van der Waals surface area contributed by atoms with Crippen LogP contribution in [-0.4, -0.2) is 10.8 Å². The van der Waals surface area contributed by atoms with Crippen molar-refractivity contribution in [2.45, 2.75) is 6.92 Å². The minimum atomic E-state index is 0.555. The van der Waals surface area contributed by atoms with Crippen molar-refractivity contribution in [2.24, 2.45) is 10.8 Å². The first-order valence-electron chi connectivity index (χ1n) is 5.33. The second kappa shape index (κ2) is 5.23. The fourth-order valence-electron chi connectivity index (χ4n) is 1.48. The van der Waals surface area contributed by atoms with Crippen LogP contribution in [0.5, 0.6) is 0 Å². The van der Waals surface area contributed by atoms with Gasteiger partial charge in [0.05, 0.1) is 5.69 Å². The van der Waals surface area contributed by atoms with Crippen molar-refractivity contribution < 1.29 is 0 Å².